The molecular weight excluding hydrogens is 451 g/mol. The Morgan fingerprint density at radius 2 is 1.88 bits per heavy atom. The van der Waals surface area contributed by atoms with E-state index in [9.17, 15) is 27.6 Å². The van der Waals surface area contributed by atoms with Crippen LogP contribution in [0.15, 0.2) is 18.2 Å². The van der Waals surface area contributed by atoms with Crippen molar-refractivity contribution in [1.29, 1.82) is 0 Å². The van der Waals surface area contributed by atoms with Gasteiger partial charge in [-0.3, -0.25) is 19.7 Å². The molecule has 10 heteroatoms. The van der Waals surface area contributed by atoms with Crippen LogP contribution in [0.3, 0.4) is 0 Å². The summed E-state index contributed by atoms with van der Waals surface area (Å²) < 4.78 is 46.2. The lowest BCUT2D eigenvalue weighted by Gasteiger charge is -2.34. The second-order valence-electron chi connectivity index (χ2n) is 9.93. The first-order chi connectivity index (χ1) is 16.2. The number of fused-ring (bicyclic) bond motifs is 1. The van der Waals surface area contributed by atoms with Gasteiger partial charge in [-0.25, -0.2) is 0 Å². The van der Waals surface area contributed by atoms with Gasteiger partial charge in [0.2, 0.25) is 11.8 Å². The third-order valence-corrected chi connectivity index (χ3v) is 7.64. The molecule has 184 valence electrons. The molecule has 2 N–H and O–H groups in total. The third kappa shape index (κ3) is 4.28. The lowest BCUT2D eigenvalue weighted by Crippen LogP contribution is -2.52. The van der Waals surface area contributed by atoms with E-state index in [0.717, 1.165) is 31.2 Å². The Labute approximate surface area is 195 Å². The van der Waals surface area contributed by atoms with Gasteiger partial charge in [-0.15, -0.1) is 0 Å². The third-order valence-electron chi connectivity index (χ3n) is 7.64. The maximum atomic E-state index is 13.3. The van der Waals surface area contributed by atoms with Gasteiger partial charge in [0.25, 0.3) is 5.91 Å². The first-order valence-electron chi connectivity index (χ1n) is 11.9. The molecule has 1 aromatic rings. The van der Waals surface area contributed by atoms with Gasteiger partial charge < -0.3 is 15.0 Å². The van der Waals surface area contributed by atoms with Crippen molar-refractivity contribution in [3.05, 3.63) is 29.3 Å². The van der Waals surface area contributed by atoms with Gasteiger partial charge in [-0.05, 0) is 62.3 Å². The van der Waals surface area contributed by atoms with Crippen LogP contribution >= 0.6 is 0 Å². The van der Waals surface area contributed by atoms with Crippen molar-refractivity contribution in [2.75, 3.05) is 6.54 Å². The van der Waals surface area contributed by atoms with Crippen molar-refractivity contribution in [1.82, 2.24) is 15.5 Å². The van der Waals surface area contributed by atoms with Crippen molar-refractivity contribution in [2.24, 2.45) is 5.41 Å². The summed E-state index contributed by atoms with van der Waals surface area (Å²) in [5, 5.41) is 5.43. The average Bonchev–Trinajstić information content (AvgIpc) is 3.52. The fraction of sp³-hybridized carbons (Fsp3) is 0.625. The Morgan fingerprint density at radius 3 is 2.59 bits per heavy atom. The second kappa shape index (κ2) is 8.55. The molecular formula is C24H28F3N3O4. The highest BCUT2D eigenvalue weighted by Gasteiger charge is 2.62. The summed E-state index contributed by atoms with van der Waals surface area (Å²) in [5.74, 6) is -0.487. The number of halogens is 3. The predicted octanol–water partition coefficient (Wildman–Crippen LogP) is 3.07. The molecule has 3 atom stereocenters. The van der Waals surface area contributed by atoms with Crippen molar-refractivity contribution in [3.8, 4) is 5.75 Å². The minimum atomic E-state index is -4.19. The monoisotopic (exact) mass is 479 g/mol. The zero-order chi connectivity index (χ0) is 24.1. The minimum absolute atomic E-state index is 0.0827. The number of carbonyl (C=O) groups is 3. The standard InChI is InChI=1S/C24H28F3N3O4/c25-24(26,27)23(9-10-23)13-28-17-3-1-2-4-19(17)34-15-5-6-16-14(11-15)12-30(22(16)33)18-7-8-20(31)29-21(18)32/h5-6,11,17-19,28H,1-4,7-10,12-13H2,(H,29,31,32)/t17-,18?,19+/m0/s1. The van der Waals surface area contributed by atoms with Crippen molar-refractivity contribution in [2.45, 2.75) is 82.3 Å². The first-order valence-corrected chi connectivity index (χ1v) is 11.9. The Morgan fingerprint density at radius 1 is 1.12 bits per heavy atom. The lowest BCUT2D eigenvalue weighted by atomic mass is 9.91. The van der Waals surface area contributed by atoms with Gasteiger partial charge in [-0.2, -0.15) is 13.2 Å². The van der Waals surface area contributed by atoms with Crippen LogP contribution in [0, 0.1) is 5.41 Å². The van der Waals surface area contributed by atoms with Crippen molar-refractivity contribution in [3.63, 3.8) is 0 Å². The number of carbonyl (C=O) groups excluding carboxylic acids is 3. The highest BCUT2D eigenvalue weighted by molar-refractivity contribution is 6.05. The normalized spacial score (nSPS) is 28.5. The van der Waals surface area contributed by atoms with Crippen LogP contribution in [-0.2, 0) is 16.1 Å². The number of ether oxygens (including phenoxy) is 1. The van der Waals surface area contributed by atoms with Gasteiger partial charge in [0.15, 0.2) is 0 Å². The molecule has 34 heavy (non-hydrogen) atoms. The molecule has 2 saturated carbocycles. The van der Waals surface area contributed by atoms with Crippen LogP contribution in [-0.4, -0.2) is 53.5 Å². The molecule has 0 radical (unpaired) electrons. The van der Waals surface area contributed by atoms with Crippen LogP contribution in [0.5, 0.6) is 5.75 Å². The number of alkyl halides is 3. The molecule has 0 bridgehead atoms. The molecule has 0 spiro atoms. The van der Waals surface area contributed by atoms with Crippen LogP contribution in [0.4, 0.5) is 13.2 Å². The average molecular weight is 479 g/mol. The second-order valence-corrected chi connectivity index (χ2v) is 9.93. The lowest BCUT2D eigenvalue weighted by molar-refractivity contribution is -0.186. The minimum Gasteiger partial charge on any atom is -0.489 e. The molecule has 3 amide bonds. The smallest absolute Gasteiger partial charge is 0.395 e. The molecule has 2 heterocycles. The highest BCUT2D eigenvalue weighted by atomic mass is 19.4. The number of imide groups is 1. The van der Waals surface area contributed by atoms with Gasteiger partial charge in [-0.1, -0.05) is 6.42 Å². The van der Waals surface area contributed by atoms with E-state index in [1.54, 1.807) is 18.2 Å². The van der Waals surface area contributed by atoms with Gasteiger partial charge in [0, 0.05) is 31.1 Å². The largest absolute Gasteiger partial charge is 0.489 e. The molecule has 4 aliphatic rings. The van der Waals surface area contributed by atoms with Crippen LogP contribution in [0.1, 0.15) is 67.3 Å². The van der Waals surface area contributed by atoms with Crippen molar-refractivity contribution >= 4 is 17.7 Å². The van der Waals surface area contributed by atoms with E-state index in [2.05, 4.69) is 10.6 Å². The van der Waals surface area contributed by atoms with E-state index >= 15 is 0 Å². The maximum Gasteiger partial charge on any atom is 0.395 e. The summed E-state index contributed by atoms with van der Waals surface area (Å²) in [6.45, 7) is 0.165. The van der Waals surface area contributed by atoms with E-state index in [1.807, 2.05) is 0 Å². The summed E-state index contributed by atoms with van der Waals surface area (Å²) in [5.41, 5.74) is -0.361. The summed E-state index contributed by atoms with van der Waals surface area (Å²) in [6, 6.07) is 4.31. The Bertz CT molecular complexity index is 1010. The summed E-state index contributed by atoms with van der Waals surface area (Å²) >= 11 is 0. The predicted molar refractivity (Wildman–Crippen MR) is 115 cm³/mol. The molecule has 1 aromatic carbocycles. The van der Waals surface area contributed by atoms with E-state index in [0.29, 0.717) is 17.7 Å². The number of benzene rings is 1. The number of nitrogens with one attached hydrogen (secondary N) is 2. The summed E-state index contributed by atoms with van der Waals surface area (Å²) in [6.07, 6.45) is -0.227. The first kappa shape index (κ1) is 23.1. The quantitative estimate of drug-likeness (QED) is 0.613. The number of amides is 3. The summed E-state index contributed by atoms with van der Waals surface area (Å²) in [4.78, 5) is 38.0. The molecule has 5 rings (SSSR count). The zero-order valence-electron chi connectivity index (χ0n) is 18.7. The molecule has 0 aromatic heterocycles. The molecule has 2 aliphatic carbocycles. The van der Waals surface area contributed by atoms with E-state index < -0.39 is 23.5 Å². The topological polar surface area (TPSA) is 87.7 Å². The van der Waals surface area contributed by atoms with Crippen LogP contribution in [0.25, 0.3) is 0 Å². The number of piperidine rings is 1. The van der Waals surface area contributed by atoms with Gasteiger partial charge in [0.1, 0.15) is 17.9 Å². The number of hydrogen-bond donors (Lipinski definition) is 2. The molecule has 7 nitrogen and oxygen atoms in total. The Kier molecular flexibility index (Phi) is 5.82. The number of hydrogen-bond acceptors (Lipinski definition) is 5. The Balaban J connectivity index is 1.25. The number of rotatable bonds is 6. The molecule has 1 saturated heterocycles. The molecule has 2 aliphatic heterocycles. The maximum absolute atomic E-state index is 13.3. The number of nitrogens with zero attached hydrogens (tertiary/aromatic N) is 1. The molecule has 1 unspecified atom stereocenters. The summed E-state index contributed by atoms with van der Waals surface area (Å²) in [7, 11) is 0. The van der Waals surface area contributed by atoms with E-state index in [-0.39, 0.29) is 56.3 Å². The zero-order valence-corrected chi connectivity index (χ0v) is 18.7. The van der Waals surface area contributed by atoms with E-state index in [4.69, 9.17) is 4.74 Å². The fourth-order valence-corrected chi connectivity index (χ4v) is 5.31. The van der Waals surface area contributed by atoms with Gasteiger partial charge in [0.05, 0.1) is 5.41 Å². The van der Waals surface area contributed by atoms with Crippen molar-refractivity contribution < 1.29 is 32.3 Å². The highest BCUT2D eigenvalue weighted by Crippen LogP contribution is 2.57. The Hall–Kier alpha value is -2.62. The van der Waals surface area contributed by atoms with Gasteiger partial charge >= 0.3 is 6.18 Å². The van der Waals surface area contributed by atoms with Crippen LogP contribution in [0.2, 0.25) is 0 Å². The fourth-order valence-electron chi connectivity index (χ4n) is 5.31. The van der Waals surface area contributed by atoms with E-state index in [1.165, 1.54) is 4.90 Å². The van der Waals surface area contributed by atoms with Crippen LogP contribution < -0.4 is 15.4 Å². The SMILES string of the molecule is O=C1CCC(N2Cc3cc(O[C@@H]4CCCC[C@@H]4NCC4(C(F)(F)F)CC4)ccc3C2=O)C(=O)N1. The molecule has 3 fully saturated rings.